The summed E-state index contributed by atoms with van der Waals surface area (Å²) in [7, 11) is 3.84. The Morgan fingerprint density at radius 1 is 0.967 bits per heavy atom. The van der Waals surface area contributed by atoms with Gasteiger partial charge in [0.2, 0.25) is 0 Å². The van der Waals surface area contributed by atoms with Crippen LogP contribution >= 0.6 is 0 Å². The molecule has 7 nitrogen and oxygen atoms in total. The largest absolute Gasteiger partial charge is 0.464 e. The summed E-state index contributed by atoms with van der Waals surface area (Å²) in [6.07, 6.45) is -0.531. The third-order valence-electron chi connectivity index (χ3n) is 4.44. The van der Waals surface area contributed by atoms with Crippen LogP contribution < -0.4 is 10.2 Å². The van der Waals surface area contributed by atoms with Crippen LogP contribution in [0.5, 0.6) is 0 Å². The summed E-state index contributed by atoms with van der Waals surface area (Å²) in [4.78, 5) is 38.8. The molecule has 0 saturated heterocycles. The number of ether oxygens (including phenoxy) is 2. The number of benzene rings is 2. The zero-order chi connectivity index (χ0) is 21.9. The van der Waals surface area contributed by atoms with E-state index >= 15 is 0 Å². The lowest BCUT2D eigenvalue weighted by molar-refractivity contribution is -0.145. The molecule has 160 valence electrons. The highest BCUT2D eigenvalue weighted by atomic mass is 16.6. The Morgan fingerprint density at radius 2 is 1.63 bits per heavy atom. The van der Waals surface area contributed by atoms with E-state index in [-0.39, 0.29) is 31.8 Å². The van der Waals surface area contributed by atoms with Crippen molar-refractivity contribution in [3.05, 3.63) is 65.7 Å². The number of rotatable bonds is 10. The second-order valence-electron chi connectivity index (χ2n) is 6.91. The SMILES string of the molecule is CCOC(=O)C(CCC(=O)c1ccc(N(C)C)cc1)NC(=O)OCc1ccccc1. The number of amides is 1. The number of ketones is 1. The third kappa shape index (κ3) is 7.24. The molecule has 1 amide bonds. The number of alkyl carbamates (subject to hydrolysis) is 1. The molecule has 1 unspecified atom stereocenters. The minimum absolute atomic E-state index is 0.0827. The zero-order valence-corrected chi connectivity index (χ0v) is 17.6. The van der Waals surface area contributed by atoms with Crippen LogP contribution in [0.4, 0.5) is 10.5 Å². The second kappa shape index (κ2) is 11.6. The van der Waals surface area contributed by atoms with Gasteiger partial charge in [0, 0.05) is 31.8 Å². The van der Waals surface area contributed by atoms with Gasteiger partial charge in [-0.1, -0.05) is 30.3 Å². The first-order valence-corrected chi connectivity index (χ1v) is 9.85. The van der Waals surface area contributed by atoms with Gasteiger partial charge in [-0.2, -0.15) is 0 Å². The molecule has 7 heteroatoms. The molecular formula is C23H28N2O5. The van der Waals surface area contributed by atoms with E-state index in [0.29, 0.717) is 5.56 Å². The lowest BCUT2D eigenvalue weighted by atomic mass is 10.0. The Labute approximate surface area is 177 Å². The van der Waals surface area contributed by atoms with E-state index in [9.17, 15) is 14.4 Å². The first kappa shape index (κ1) is 22.9. The van der Waals surface area contributed by atoms with Crippen LogP contribution in [0.2, 0.25) is 0 Å². The third-order valence-corrected chi connectivity index (χ3v) is 4.44. The molecule has 0 saturated carbocycles. The van der Waals surface area contributed by atoms with Crippen molar-refractivity contribution in [3.8, 4) is 0 Å². The smallest absolute Gasteiger partial charge is 0.408 e. The molecule has 0 aliphatic heterocycles. The summed E-state index contributed by atoms with van der Waals surface area (Å²) in [5.41, 5.74) is 2.37. The lowest BCUT2D eigenvalue weighted by Gasteiger charge is -2.17. The van der Waals surface area contributed by atoms with E-state index in [1.54, 1.807) is 19.1 Å². The quantitative estimate of drug-likeness (QED) is 0.474. The zero-order valence-electron chi connectivity index (χ0n) is 17.6. The fraction of sp³-hybridized carbons (Fsp3) is 0.348. The van der Waals surface area contributed by atoms with Gasteiger partial charge in [0.25, 0.3) is 0 Å². The molecule has 1 N–H and O–H groups in total. The number of carbonyl (C=O) groups excluding carboxylic acids is 3. The lowest BCUT2D eigenvalue weighted by Crippen LogP contribution is -2.42. The minimum Gasteiger partial charge on any atom is -0.464 e. The van der Waals surface area contributed by atoms with Gasteiger partial charge in [-0.3, -0.25) is 4.79 Å². The van der Waals surface area contributed by atoms with Crippen molar-refractivity contribution in [2.75, 3.05) is 25.6 Å². The highest BCUT2D eigenvalue weighted by Crippen LogP contribution is 2.15. The number of esters is 1. The molecule has 1 atom stereocenters. The van der Waals surface area contributed by atoms with E-state index in [1.165, 1.54) is 0 Å². The van der Waals surface area contributed by atoms with E-state index in [4.69, 9.17) is 9.47 Å². The number of anilines is 1. The average Bonchev–Trinajstić information content (AvgIpc) is 2.75. The Balaban J connectivity index is 1.92. The van der Waals surface area contributed by atoms with Crippen molar-refractivity contribution in [1.29, 1.82) is 0 Å². The van der Waals surface area contributed by atoms with Crippen LogP contribution in [-0.2, 0) is 20.9 Å². The number of nitrogens with one attached hydrogen (secondary N) is 1. The van der Waals surface area contributed by atoms with Crippen LogP contribution in [0, 0.1) is 0 Å². The number of Topliss-reactive ketones (excluding diaryl/α,β-unsaturated/α-hetero) is 1. The van der Waals surface area contributed by atoms with Gasteiger partial charge < -0.3 is 19.7 Å². The fourth-order valence-electron chi connectivity index (χ4n) is 2.76. The molecule has 0 aromatic heterocycles. The molecule has 0 fully saturated rings. The normalized spacial score (nSPS) is 11.3. The monoisotopic (exact) mass is 412 g/mol. The molecule has 2 aromatic rings. The number of hydrogen-bond donors (Lipinski definition) is 1. The van der Waals surface area contributed by atoms with Crippen LogP contribution in [0.25, 0.3) is 0 Å². The Morgan fingerprint density at radius 3 is 2.23 bits per heavy atom. The van der Waals surface area contributed by atoms with E-state index in [2.05, 4.69) is 5.32 Å². The van der Waals surface area contributed by atoms with Crippen molar-refractivity contribution in [2.45, 2.75) is 32.4 Å². The predicted octanol–water partition coefficient (Wildman–Crippen LogP) is 3.57. The number of carbonyl (C=O) groups is 3. The first-order valence-electron chi connectivity index (χ1n) is 9.85. The first-order chi connectivity index (χ1) is 14.4. The summed E-state index contributed by atoms with van der Waals surface area (Å²) < 4.78 is 10.2. The van der Waals surface area contributed by atoms with Crippen LogP contribution in [0.15, 0.2) is 54.6 Å². The Kier molecular flexibility index (Phi) is 8.87. The maximum Gasteiger partial charge on any atom is 0.408 e. The highest BCUT2D eigenvalue weighted by Gasteiger charge is 2.24. The number of hydrogen-bond acceptors (Lipinski definition) is 6. The molecule has 2 aromatic carbocycles. The minimum atomic E-state index is -0.960. The Hall–Kier alpha value is -3.35. The maximum atomic E-state index is 12.5. The van der Waals surface area contributed by atoms with Crippen molar-refractivity contribution in [2.24, 2.45) is 0 Å². The van der Waals surface area contributed by atoms with Crippen LogP contribution in [-0.4, -0.2) is 44.6 Å². The van der Waals surface area contributed by atoms with Gasteiger partial charge in [-0.25, -0.2) is 9.59 Å². The van der Waals surface area contributed by atoms with Crippen molar-refractivity contribution >= 4 is 23.5 Å². The number of nitrogens with zero attached hydrogens (tertiary/aromatic N) is 1. The molecule has 0 aliphatic carbocycles. The van der Waals surface area contributed by atoms with Gasteiger partial charge in [-0.15, -0.1) is 0 Å². The van der Waals surface area contributed by atoms with Crippen LogP contribution in [0.1, 0.15) is 35.7 Å². The van der Waals surface area contributed by atoms with Crippen molar-refractivity contribution in [1.82, 2.24) is 5.32 Å². The van der Waals surface area contributed by atoms with Crippen molar-refractivity contribution < 1.29 is 23.9 Å². The van der Waals surface area contributed by atoms with Gasteiger partial charge in [0.05, 0.1) is 6.61 Å². The molecular weight excluding hydrogens is 384 g/mol. The van der Waals surface area contributed by atoms with Gasteiger partial charge in [0.1, 0.15) is 12.6 Å². The highest BCUT2D eigenvalue weighted by molar-refractivity contribution is 5.96. The Bertz CT molecular complexity index is 834. The molecule has 30 heavy (non-hydrogen) atoms. The van der Waals surface area contributed by atoms with Gasteiger partial charge in [-0.05, 0) is 43.2 Å². The standard InChI is InChI=1S/C23H28N2O5/c1-4-29-22(27)20(24-23(28)30-16-17-8-6-5-7-9-17)14-15-21(26)18-10-12-19(13-11-18)25(2)3/h5-13,20H,4,14-16H2,1-3H3,(H,24,28). The molecule has 0 aliphatic rings. The summed E-state index contributed by atoms with van der Waals surface area (Å²) in [5, 5.41) is 2.51. The van der Waals surface area contributed by atoms with Crippen LogP contribution in [0.3, 0.4) is 0 Å². The fourth-order valence-corrected chi connectivity index (χ4v) is 2.76. The van der Waals surface area contributed by atoms with Crippen molar-refractivity contribution in [3.63, 3.8) is 0 Å². The average molecular weight is 412 g/mol. The van der Waals surface area contributed by atoms with E-state index in [0.717, 1.165) is 11.3 Å². The molecule has 0 bridgehead atoms. The predicted molar refractivity (Wildman–Crippen MR) is 115 cm³/mol. The van der Waals surface area contributed by atoms with Gasteiger partial charge in [0.15, 0.2) is 5.78 Å². The molecule has 0 spiro atoms. The summed E-state index contributed by atoms with van der Waals surface area (Å²) in [6.45, 7) is 1.94. The maximum absolute atomic E-state index is 12.5. The summed E-state index contributed by atoms with van der Waals surface area (Å²) >= 11 is 0. The molecule has 2 rings (SSSR count). The summed E-state index contributed by atoms with van der Waals surface area (Å²) in [5.74, 6) is -0.709. The summed E-state index contributed by atoms with van der Waals surface area (Å²) in [6, 6.07) is 15.5. The molecule has 0 heterocycles. The van der Waals surface area contributed by atoms with E-state index in [1.807, 2.05) is 61.5 Å². The van der Waals surface area contributed by atoms with Gasteiger partial charge >= 0.3 is 12.1 Å². The molecule has 0 radical (unpaired) electrons. The topological polar surface area (TPSA) is 84.9 Å². The van der Waals surface area contributed by atoms with E-state index < -0.39 is 18.1 Å². The second-order valence-corrected chi connectivity index (χ2v) is 6.91.